The lowest BCUT2D eigenvalue weighted by Gasteiger charge is -2.19. The zero-order chi connectivity index (χ0) is 48.0. The van der Waals surface area contributed by atoms with E-state index in [1.165, 1.54) is 48.7 Å². The third-order valence-electron chi connectivity index (χ3n) is 14.0. The summed E-state index contributed by atoms with van der Waals surface area (Å²) in [6.45, 7) is 0. The lowest BCUT2D eigenvalue weighted by Crippen LogP contribution is -2.01. The molecule has 13 rings (SSSR count). The Balaban J connectivity index is 0.949. The normalized spacial score (nSPS) is 11.3. The van der Waals surface area contributed by atoms with Gasteiger partial charge >= 0.3 is 0 Å². The molecule has 0 N–H and O–H groups in total. The molecule has 334 valence electrons. The van der Waals surface area contributed by atoms with Crippen LogP contribution in [-0.2, 0) is 0 Å². The molecule has 0 aliphatic carbocycles. The van der Waals surface area contributed by atoms with Crippen LogP contribution in [-0.4, -0.2) is 15.0 Å². The number of benzene rings is 12. The Morgan fingerprint density at radius 1 is 0.236 bits per heavy atom. The van der Waals surface area contributed by atoms with Crippen molar-refractivity contribution in [2.24, 2.45) is 0 Å². The van der Waals surface area contributed by atoms with Gasteiger partial charge < -0.3 is 0 Å². The molecule has 4 heteroatoms. The van der Waals surface area contributed by atoms with Crippen molar-refractivity contribution in [2.75, 3.05) is 0 Å². The molecule has 13 aromatic rings. The Kier molecular flexibility index (Phi) is 10.5. The van der Waals surface area contributed by atoms with Crippen molar-refractivity contribution in [1.29, 1.82) is 5.26 Å². The van der Waals surface area contributed by atoms with Crippen molar-refractivity contribution in [1.82, 2.24) is 15.0 Å². The Morgan fingerprint density at radius 3 is 1.29 bits per heavy atom. The van der Waals surface area contributed by atoms with E-state index in [-0.39, 0.29) is 0 Å². The summed E-state index contributed by atoms with van der Waals surface area (Å²) in [7, 11) is 0. The van der Waals surface area contributed by atoms with Crippen LogP contribution in [0, 0.1) is 11.3 Å². The second-order valence-corrected chi connectivity index (χ2v) is 18.1. The molecule has 0 radical (unpaired) electrons. The van der Waals surface area contributed by atoms with Crippen LogP contribution in [0.15, 0.2) is 255 Å². The van der Waals surface area contributed by atoms with Crippen molar-refractivity contribution in [3.8, 4) is 95.9 Å². The van der Waals surface area contributed by atoms with Crippen LogP contribution in [0.3, 0.4) is 0 Å². The molecule has 1 heterocycles. The Bertz CT molecular complexity index is 4240. The summed E-state index contributed by atoms with van der Waals surface area (Å²) in [6.07, 6.45) is 0. The Labute approximate surface area is 417 Å². The second kappa shape index (κ2) is 17.9. The number of nitriles is 1. The first-order valence-electron chi connectivity index (χ1n) is 24.2. The molecule has 0 fully saturated rings. The third kappa shape index (κ3) is 7.45. The summed E-state index contributed by atoms with van der Waals surface area (Å²) >= 11 is 0. The van der Waals surface area contributed by atoms with E-state index in [0.717, 1.165) is 66.8 Å². The minimum Gasteiger partial charge on any atom is -0.208 e. The molecule has 12 aromatic carbocycles. The first-order valence-corrected chi connectivity index (χ1v) is 24.2. The van der Waals surface area contributed by atoms with Gasteiger partial charge in [-0.05, 0) is 117 Å². The lowest BCUT2D eigenvalue weighted by atomic mass is 9.84. The molecule has 0 spiro atoms. The van der Waals surface area contributed by atoms with Crippen LogP contribution in [0.25, 0.3) is 133 Å². The summed E-state index contributed by atoms with van der Waals surface area (Å²) in [5, 5.41) is 20.2. The van der Waals surface area contributed by atoms with Crippen molar-refractivity contribution in [3.05, 3.63) is 260 Å². The Hall–Kier alpha value is -9.82. The monoisotopic (exact) mass is 914 g/mol. The number of rotatable bonds is 8. The molecule has 0 amide bonds. The summed E-state index contributed by atoms with van der Waals surface area (Å²) in [6, 6.07) is 91.8. The van der Waals surface area contributed by atoms with Gasteiger partial charge in [0.1, 0.15) is 0 Å². The Morgan fingerprint density at radius 2 is 0.653 bits per heavy atom. The maximum absolute atomic E-state index is 10.4. The number of aromatic nitrogens is 3. The van der Waals surface area contributed by atoms with Crippen LogP contribution >= 0.6 is 0 Å². The van der Waals surface area contributed by atoms with E-state index in [9.17, 15) is 5.26 Å². The minimum absolute atomic E-state index is 0.574. The molecule has 0 saturated carbocycles. The number of hydrogen-bond acceptors (Lipinski definition) is 4. The SMILES string of the molecule is N#Cc1ccc(-c2ccccc2-c2ccccc2-c2nc(-c3ccccc3)nc(-c3ccc(-c4cccc5ccccc45)cc3)n2)c(-c2ccccc2-c2ccc3c4ccccc4c4ccccc4c3c2)c1. The quantitative estimate of drug-likeness (QED) is 0.143. The first kappa shape index (κ1) is 42.3. The molecule has 0 atom stereocenters. The van der Waals surface area contributed by atoms with Crippen molar-refractivity contribution in [2.45, 2.75) is 0 Å². The van der Waals surface area contributed by atoms with Gasteiger partial charge in [0.05, 0.1) is 11.6 Å². The van der Waals surface area contributed by atoms with Gasteiger partial charge in [0.25, 0.3) is 0 Å². The smallest absolute Gasteiger partial charge is 0.164 e. The van der Waals surface area contributed by atoms with Crippen LogP contribution < -0.4 is 0 Å². The molecule has 0 unspecified atom stereocenters. The van der Waals surface area contributed by atoms with Crippen molar-refractivity contribution >= 4 is 43.1 Å². The molecular weight excluding hydrogens is 873 g/mol. The molecule has 72 heavy (non-hydrogen) atoms. The molecule has 0 aliphatic heterocycles. The van der Waals surface area contributed by atoms with E-state index >= 15 is 0 Å². The highest BCUT2D eigenvalue weighted by molar-refractivity contribution is 6.26. The molecular formula is C68H42N4. The van der Waals surface area contributed by atoms with E-state index in [1.54, 1.807) is 0 Å². The predicted octanol–water partition coefficient (Wildman–Crippen LogP) is 17.7. The summed E-state index contributed by atoms with van der Waals surface area (Å²) in [5.41, 5.74) is 13.8. The van der Waals surface area contributed by atoms with E-state index in [0.29, 0.717) is 23.0 Å². The minimum atomic E-state index is 0.574. The molecule has 0 saturated heterocycles. The average Bonchev–Trinajstić information content (AvgIpc) is 3.47. The number of nitrogens with zero attached hydrogens (tertiary/aromatic N) is 4. The fourth-order valence-corrected chi connectivity index (χ4v) is 10.6. The van der Waals surface area contributed by atoms with E-state index in [1.807, 2.05) is 48.5 Å². The summed E-state index contributed by atoms with van der Waals surface area (Å²) in [4.78, 5) is 15.6. The van der Waals surface area contributed by atoms with Crippen molar-refractivity contribution < 1.29 is 0 Å². The van der Waals surface area contributed by atoms with Gasteiger partial charge in [-0.1, -0.05) is 237 Å². The van der Waals surface area contributed by atoms with E-state index in [2.05, 4.69) is 212 Å². The highest BCUT2D eigenvalue weighted by Gasteiger charge is 2.21. The fourth-order valence-electron chi connectivity index (χ4n) is 10.6. The standard InChI is InChI=1S/C68H42N4/c69-43-44-33-39-61(64(41-44)53-23-7-6-22-52(53)49-38-40-62-57-27-10-8-24-54(57)56-26-12-13-30-60(56)65(62)42-49)58-28-11-9-25-55(58)59-29-14-15-31-63(59)68-71-66(47-18-2-1-3-19-47)70-67(72-68)48-36-34-46(35-37-48)51-32-16-20-45-17-4-5-21-50(45)51/h1-42H. The largest absolute Gasteiger partial charge is 0.208 e. The van der Waals surface area contributed by atoms with Crippen molar-refractivity contribution in [3.63, 3.8) is 0 Å². The topological polar surface area (TPSA) is 62.5 Å². The van der Waals surface area contributed by atoms with Crippen LogP contribution in [0.5, 0.6) is 0 Å². The average molecular weight is 915 g/mol. The lowest BCUT2D eigenvalue weighted by molar-refractivity contribution is 1.07. The molecule has 0 bridgehead atoms. The van der Waals surface area contributed by atoms with E-state index < -0.39 is 0 Å². The molecule has 4 nitrogen and oxygen atoms in total. The van der Waals surface area contributed by atoms with Gasteiger partial charge in [-0.3, -0.25) is 0 Å². The molecule has 1 aromatic heterocycles. The van der Waals surface area contributed by atoms with Crippen LogP contribution in [0.1, 0.15) is 5.56 Å². The maximum atomic E-state index is 10.4. The zero-order valence-corrected chi connectivity index (χ0v) is 39.0. The highest BCUT2D eigenvalue weighted by Crippen LogP contribution is 2.45. The fraction of sp³-hybridized carbons (Fsp3) is 0. The van der Waals surface area contributed by atoms with Crippen LogP contribution in [0.4, 0.5) is 0 Å². The van der Waals surface area contributed by atoms with Gasteiger partial charge in [0.2, 0.25) is 0 Å². The number of hydrogen-bond donors (Lipinski definition) is 0. The van der Waals surface area contributed by atoms with Gasteiger partial charge in [-0.2, -0.15) is 5.26 Å². The first-order chi connectivity index (χ1) is 35.7. The highest BCUT2D eigenvalue weighted by atomic mass is 15.0. The third-order valence-corrected chi connectivity index (χ3v) is 14.0. The van der Waals surface area contributed by atoms with Gasteiger partial charge in [-0.15, -0.1) is 0 Å². The van der Waals surface area contributed by atoms with E-state index in [4.69, 9.17) is 15.0 Å². The predicted molar refractivity (Wildman–Crippen MR) is 298 cm³/mol. The second-order valence-electron chi connectivity index (χ2n) is 18.1. The van der Waals surface area contributed by atoms with Gasteiger partial charge in [0.15, 0.2) is 17.5 Å². The summed E-state index contributed by atoms with van der Waals surface area (Å²) < 4.78 is 0. The van der Waals surface area contributed by atoms with Gasteiger partial charge in [0, 0.05) is 16.7 Å². The van der Waals surface area contributed by atoms with Gasteiger partial charge in [-0.25, -0.2) is 15.0 Å². The van der Waals surface area contributed by atoms with Crippen LogP contribution in [0.2, 0.25) is 0 Å². The maximum Gasteiger partial charge on any atom is 0.164 e. The summed E-state index contributed by atoms with van der Waals surface area (Å²) in [5.74, 6) is 1.76. The zero-order valence-electron chi connectivity index (χ0n) is 39.0. The number of fused-ring (bicyclic) bond motifs is 7. The molecule has 0 aliphatic rings.